The third kappa shape index (κ3) is 4.86. The molecule has 0 spiro atoms. The van der Waals surface area contributed by atoms with Gasteiger partial charge in [-0.3, -0.25) is 9.59 Å². The van der Waals surface area contributed by atoms with Crippen LogP contribution in [-0.4, -0.2) is 54.7 Å². The van der Waals surface area contributed by atoms with Gasteiger partial charge in [0.2, 0.25) is 0 Å². The molecule has 0 amide bonds. The van der Waals surface area contributed by atoms with Crippen molar-refractivity contribution < 1.29 is 28.5 Å². The molecule has 5 atom stereocenters. The van der Waals surface area contributed by atoms with Crippen molar-refractivity contribution in [1.82, 2.24) is 0 Å². The Morgan fingerprint density at radius 3 is 2.05 bits per heavy atom. The highest BCUT2D eigenvalue weighted by molar-refractivity contribution is 7.99. The molecule has 1 heterocycles. The molecule has 0 saturated carbocycles. The van der Waals surface area contributed by atoms with Crippen LogP contribution in [0, 0.1) is 0 Å². The fourth-order valence-corrected chi connectivity index (χ4v) is 3.37. The molecule has 2 unspecified atom stereocenters. The smallest absolute Gasteiger partial charge is 0.303 e. The summed E-state index contributed by atoms with van der Waals surface area (Å²) in [6, 6.07) is 0. The van der Waals surface area contributed by atoms with Gasteiger partial charge in [-0.25, -0.2) is 0 Å². The van der Waals surface area contributed by atoms with E-state index in [0.717, 1.165) is 5.75 Å². The summed E-state index contributed by atoms with van der Waals surface area (Å²) < 4.78 is 22.2. The molecule has 1 aliphatic rings. The number of esters is 2. The summed E-state index contributed by atoms with van der Waals surface area (Å²) in [6.07, 6.45) is -1.35. The Balaban J connectivity index is 3.03. The zero-order chi connectivity index (χ0) is 16.0. The quantitative estimate of drug-likeness (QED) is 0.690. The van der Waals surface area contributed by atoms with Gasteiger partial charge in [-0.15, -0.1) is 11.8 Å². The van der Waals surface area contributed by atoms with Gasteiger partial charge >= 0.3 is 11.9 Å². The summed E-state index contributed by atoms with van der Waals surface area (Å²) in [5.41, 5.74) is -0.333. The minimum atomic E-state index is -0.607. The van der Waals surface area contributed by atoms with E-state index in [1.807, 2.05) is 13.8 Å². The SMILES string of the molecule is CCS[C@@H]1OC(CC)[C@H](OC(C)=O)[C@@H](OC)C1OC(C)=O. The van der Waals surface area contributed by atoms with Crippen molar-refractivity contribution in [3.63, 3.8) is 0 Å². The molecule has 0 bridgehead atoms. The fraction of sp³-hybridized carbons (Fsp3) is 0.857. The maximum absolute atomic E-state index is 11.4. The van der Waals surface area contributed by atoms with Crippen LogP contribution >= 0.6 is 11.8 Å². The first-order chi connectivity index (χ1) is 9.94. The summed E-state index contributed by atoms with van der Waals surface area (Å²) >= 11 is 1.54. The van der Waals surface area contributed by atoms with Crippen LogP contribution in [0.25, 0.3) is 0 Å². The normalized spacial score (nSPS) is 32.5. The molecular formula is C14H24O6S. The van der Waals surface area contributed by atoms with E-state index < -0.39 is 30.3 Å². The van der Waals surface area contributed by atoms with Crippen molar-refractivity contribution >= 4 is 23.7 Å². The Bertz CT molecular complexity index is 361. The molecule has 0 aromatic heterocycles. The van der Waals surface area contributed by atoms with Gasteiger partial charge in [-0.2, -0.15) is 0 Å². The molecule has 21 heavy (non-hydrogen) atoms. The number of carbonyl (C=O) groups excluding carboxylic acids is 2. The first-order valence-electron chi connectivity index (χ1n) is 7.08. The van der Waals surface area contributed by atoms with Crippen molar-refractivity contribution in [2.24, 2.45) is 0 Å². The minimum Gasteiger partial charge on any atom is -0.457 e. The lowest BCUT2D eigenvalue weighted by molar-refractivity contribution is -0.228. The van der Waals surface area contributed by atoms with Crippen LogP contribution in [0.3, 0.4) is 0 Å². The first-order valence-corrected chi connectivity index (χ1v) is 8.13. The molecule has 6 nitrogen and oxygen atoms in total. The van der Waals surface area contributed by atoms with Crippen LogP contribution in [0.4, 0.5) is 0 Å². The maximum Gasteiger partial charge on any atom is 0.303 e. The van der Waals surface area contributed by atoms with Gasteiger partial charge in [0, 0.05) is 21.0 Å². The highest BCUT2D eigenvalue weighted by Gasteiger charge is 2.49. The van der Waals surface area contributed by atoms with Crippen LogP contribution < -0.4 is 0 Å². The molecule has 0 N–H and O–H groups in total. The molecule has 0 aromatic rings. The van der Waals surface area contributed by atoms with Gasteiger partial charge in [0.25, 0.3) is 0 Å². The van der Waals surface area contributed by atoms with Crippen LogP contribution in [0.1, 0.15) is 34.1 Å². The zero-order valence-electron chi connectivity index (χ0n) is 13.2. The lowest BCUT2D eigenvalue weighted by Crippen LogP contribution is -2.59. The Hall–Kier alpha value is -0.790. The highest BCUT2D eigenvalue weighted by atomic mass is 32.2. The number of carbonyl (C=O) groups is 2. The standard InChI is InChI=1S/C14H24O6S/c1-6-10-11(18-8(3)15)12(17-5)13(19-9(4)16)14(20-10)21-7-2/h10-14H,6-7H2,1-5H3/t10?,11-,12+,13?,14-/m0/s1. The molecule has 1 rings (SSSR count). The van der Waals surface area contributed by atoms with Gasteiger partial charge in [-0.05, 0) is 12.2 Å². The second kappa shape index (κ2) is 8.60. The summed E-state index contributed by atoms with van der Waals surface area (Å²) in [6.45, 7) is 6.63. The molecule has 7 heteroatoms. The molecular weight excluding hydrogens is 296 g/mol. The fourth-order valence-electron chi connectivity index (χ4n) is 2.42. The molecule has 0 aliphatic carbocycles. The number of thioether (sulfide) groups is 1. The molecule has 0 radical (unpaired) electrons. The van der Waals surface area contributed by atoms with Crippen LogP contribution in [-0.2, 0) is 28.5 Å². The first kappa shape index (κ1) is 18.3. The number of hydrogen-bond donors (Lipinski definition) is 0. The van der Waals surface area contributed by atoms with E-state index in [0.29, 0.717) is 6.42 Å². The van der Waals surface area contributed by atoms with Crippen molar-refractivity contribution in [2.75, 3.05) is 12.9 Å². The number of hydrogen-bond acceptors (Lipinski definition) is 7. The van der Waals surface area contributed by atoms with Gasteiger partial charge in [0.15, 0.2) is 12.2 Å². The molecule has 1 fully saturated rings. The number of methoxy groups -OCH3 is 1. The maximum atomic E-state index is 11.4. The van der Waals surface area contributed by atoms with Crippen molar-refractivity contribution in [3.05, 3.63) is 0 Å². The Labute approximate surface area is 129 Å². The summed E-state index contributed by atoms with van der Waals surface area (Å²) in [5, 5.41) is 0. The second-order valence-corrected chi connectivity index (χ2v) is 6.13. The van der Waals surface area contributed by atoms with E-state index in [-0.39, 0.29) is 11.5 Å². The molecule has 122 valence electrons. The van der Waals surface area contributed by atoms with E-state index in [2.05, 4.69) is 0 Å². The number of rotatable bonds is 6. The summed E-state index contributed by atoms with van der Waals surface area (Å²) in [4.78, 5) is 22.7. The van der Waals surface area contributed by atoms with E-state index in [9.17, 15) is 9.59 Å². The van der Waals surface area contributed by atoms with E-state index in [1.165, 1.54) is 21.0 Å². The Morgan fingerprint density at radius 1 is 1.05 bits per heavy atom. The summed E-state index contributed by atoms with van der Waals surface area (Å²) in [7, 11) is 1.52. The van der Waals surface area contributed by atoms with Gasteiger partial charge in [-0.1, -0.05) is 13.8 Å². The topological polar surface area (TPSA) is 71.1 Å². The minimum absolute atomic E-state index is 0.283. The van der Waals surface area contributed by atoms with Crippen LogP contribution in [0.15, 0.2) is 0 Å². The monoisotopic (exact) mass is 320 g/mol. The lowest BCUT2D eigenvalue weighted by Gasteiger charge is -2.44. The lowest BCUT2D eigenvalue weighted by atomic mass is 9.97. The Kier molecular flexibility index (Phi) is 7.48. The average molecular weight is 320 g/mol. The van der Waals surface area contributed by atoms with Crippen LogP contribution in [0.2, 0.25) is 0 Å². The van der Waals surface area contributed by atoms with Crippen LogP contribution in [0.5, 0.6) is 0 Å². The Morgan fingerprint density at radius 2 is 1.62 bits per heavy atom. The third-order valence-electron chi connectivity index (χ3n) is 3.20. The molecule has 1 saturated heterocycles. The van der Waals surface area contributed by atoms with Gasteiger partial charge in [0.1, 0.15) is 11.5 Å². The van der Waals surface area contributed by atoms with E-state index >= 15 is 0 Å². The number of ether oxygens (including phenoxy) is 4. The molecule has 0 aromatic carbocycles. The molecule has 1 aliphatic heterocycles. The summed E-state index contributed by atoms with van der Waals surface area (Å²) in [5.74, 6) is -0.00998. The van der Waals surface area contributed by atoms with Crippen molar-refractivity contribution in [1.29, 1.82) is 0 Å². The largest absolute Gasteiger partial charge is 0.457 e. The van der Waals surface area contributed by atoms with E-state index in [4.69, 9.17) is 18.9 Å². The van der Waals surface area contributed by atoms with E-state index in [1.54, 1.807) is 11.8 Å². The highest BCUT2D eigenvalue weighted by Crippen LogP contribution is 2.34. The van der Waals surface area contributed by atoms with Gasteiger partial charge in [0.05, 0.1) is 6.10 Å². The third-order valence-corrected chi connectivity index (χ3v) is 4.24. The average Bonchev–Trinajstić information content (AvgIpc) is 2.40. The predicted octanol–water partition coefficient (Wildman–Crippen LogP) is 1.75. The van der Waals surface area contributed by atoms with Crippen molar-refractivity contribution in [3.8, 4) is 0 Å². The predicted molar refractivity (Wildman–Crippen MR) is 79.0 cm³/mol. The van der Waals surface area contributed by atoms with Gasteiger partial charge < -0.3 is 18.9 Å². The second-order valence-electron chi connectivity index (χ2n) is 4.75. The zero-order valence-corrected chi connectivity index (χ0v) is 14.0. The van der Waals surface area contributed by atoms with Crippen molar-refractivity contribution in [2.45, 2.75) is 64.0 Å².